The van der Waals surface area contributed by atoms with Crippen molar-refractivity contribution in [3.63, 3.8) is 0 Å². The molecule has 0 aliphatic heterocycles. The molecule has 112 valence electrons. The van der Waals surface area contributed by atoms with Gasteiger partial charge in [0, 0.05) is 0 Å². The number of rotatable bonds is 8. The molecule has 7 heteroatoms. The van der Waals surface area contributed by atoms with Gasteiger partial charge < -0.3 is 19.9 Å². The SMILES string of the molecule is CCNC(C(=O)O)c1ccc(OC(F)F)c(OCC)c1. The standard InChI is InChI=1S/C13H17F2NO4/c1-3-16-11(12(17)18)8-5-6-9(20-13(14)15)10(7-8)19-4-2/h5-7,11,13,16H,3-4H2,1-2H3,(H,17,18). The molecular weight excluding hydrogens is 272 g/mol. The van der Waals surface area contributed by atoms with Crippen molar-refractivity contribution in [1.82, 2.24) is 5.32 Å². The first-order valence-corrected chi connectivity index (χ1v) is 6.17. The Morgan fingerprint density at radius 1 is 1.35 bits per heavy atom. The maximum absolute atomic E-state index is 12.3. The monoisotopic (exact) mass is 289 g/mol. The Bertz CT molecular complexity index is 454. The van der Waals surface area contributed by atoms with Gasteiger partial charge in [0.2, 0.25) is 0 Å². The minimum atomic E-state index is -2.97. The van der Waals surface area contributed by atoms with Crippen LogP contribution in [0.5, 0.6) is 11.5 Å². The minimum Gasteiger partial charge on any atom is -0.490 e. The third-order valence-electron chi connectivity index (χ3n) is 2.47. The smallest absolute Gasteiger partial charge is 0.387 e. The van der Waals surface area contributed by atoms with Crippen LogP contribution in [0.1, 0.15) is 25.5 Å². The topological polar surface area (TPSA) is 67.8 Å². The number of hydrogen-bond donors (Lipinski definition) is 2. The van der Waals surface area contributed by atoms with E-state index in [1.807, 2.05) is 0 Å². The number of aliphatic carboxylic acids is 1. The predicted molar refractivity (Wildman–Crippen MR) is 68.3 cm³/mol. The molecule has 0 aromatic heterocycles. The van der Waals surface area contributed by atoms with Crippen molar-refractivity contribution in [3.8, 4) is 11.5 Å². The molecular formula is C13H17F2NO4. The van der Waals surface area contributed by atoms with Crippen molar-refractivity contribution in [3.05, 3.63) is 23.8 Å². The van der Waals surface area contributed by atoms with Crippen LogP contribution in [0.4, 0.5) is 8.78 Å². The third-order valence-corrected chi connectivity index (χ3v) is 2.47. The summed E-state index contributed by atoms with van der Waals surface area (Å²) in [5.74, 6) is -1.09. The van der Waals surface area contributed by atoms with Gasteiger partial charge in [0.1, 0.15) is 6.04 Å². The van der Waals surface area contributed by atoms with E-state index in [0.29, 0.717) is 12.1 Å². The molecule has 0 fully saturated rings. The number of carboxylic acid groups (broad SMARTS) is 1. The summed E-state index contributed by atoms with van der Waals surface area (Å²) in [5, 5.41) is 11.9. The van der Waals surface area contributed by atoms with E-state index in [1.165, 1.54) is 18.2 Å². The lowest BCUT2D eigenvalue weighted by Gasteiger charge is -2.17. The van der Waals surface area contributed by atoms with Gasteiger partial charge in [-0.2, -0.15) is 8.78 Å². The summed E-state index contributed by atoms with van der Waals surface area (Å²) in [6.07, 6.45) is 0. The molecule has 1 unspecified atom stereocenters. The second kappa shape index (κ2) is 7.64. The summed E-state index contributed by atoms with van der Waals surface area (Å²) in [5.41, 5.74) is 0.407. The number of carboxylic acids is 1. The maximum atomic E-state index is 12.3. The minimum absolute atomic E-state index is 0.0921. The van der Waals surface area contributed by atoms with E-state index in [9.17, 15) is 13.6 Å². The van der Waals surface area contributed by atoms with Crippen LogP contribution in [0.3, 0.4) is 0 Å². The van der Waals surface area contributed by atoms with E-state index in [1.54, 1.807) is 13.8 Å². The van der Waals surface area contributed by atoms with Crippen molar-refractivity contribution < 1.29 is 28.2 Å². The van der Waals surface area contributed by atoms with E-state index >= 15 is 0 Å². The first kappa shape index (κ1) is 16.2. The van der Waals surface area contributed by atoms with Gasteiger partial charge in [-0.05, 0) is 31.2 Å². The first-order valence-electron chi connectivity index (χ1n) is 6.17. The molecule has 1 aromatic rings. The third kappa shape index (κ3) is 4.34. The van der Waals surface area contributed by atoms with E-state index in [2.05, 4.69) is 10.1 Å². The predicted octanol–water partition coefficient (Wildman–Crippen LogP) is 2.42. The van der Waals surface area contributed by atoms with Crippen LogP contribution in [-0.4, -0.2) is 30.8 Å². The molecule has 0 amide bonds. The molecule has 20 heavy (non-hydrogen) atoms. The van der Waals surface area contributed by atoms with Gasteiger partial charge in [-0.3, -0.25) is 4.79 Å². The molecule has 0 saturated heterocycles. The van der Waals surface area contributed by atoms with Crippen molar-refractivity contribution in [1.29, 1.82) is 0 Å². The molecule has 5 nitrogen and oxygen atoms in total. The first-order chi connectivity index (χ1) is 9.49. The molecule has 0 heterocycles. The second-order valence-electron chi connectivity index (χ2n) is 3.85. The van der Waals surface area contributed by atoms with Gasteiger partial charge in [-0.15, -0.1) is 0 Å². The van der Waals surface area contributed by atoms with Crippen LogP contribution in [-0.2, 0) is 4.79 Å². The van der Waals surface area contributed by atoms with Gasteiger partial charge in [0.05, 0.1) is 6.61 Å². The van der Waals surface area contributed by atoms with E-state index in [4.69, 9.17) is 9.84 Å². The summed E-state index contributed by atoms with van der Waals surface area (Å²) >= 11 is 0. The Morgan fingerprint density at radius 3 is 2.55 bits per heavy atom. The summed E-state index contributed by atoms with van der Waals surface area (Å²) in [6.45, 7) is 1.20. The Labute approximate surface area is 115 Å². The van der Waals surface area contributed by atoms with Crippen molar-refractivity contribution in [2.24, 2.45) is 0 Å². The highest BCUT2D eigenvalue weighted by Gasteiger charge is 2.21. The fraction of sp³-hybridized carbons (Fsp3) is 0.462. The lowest BCUT2D eigenvalue weighted by molar-refractivity contribution is -0.139. The number of carbonyl (C=O) groups is 1. The van der Waals surface area contributed by atoms with E-state index < -0.39 is 18.6 Å². The Balaban J connectivity index is 3.10. The Hall–Kier alpha value is -1.89. The van der Waals surface area contributed by atoms with E-state index in [-0.39, 0.29) is 18.1 Å². The Kier molecular flexibility index (Phi) is 6.17. The van der Waals surface area contributed by atoms with Crippen LogP contribution in [0.25, 0.3) is 0 Å². The molecule has 0 bridgehead atoms. The number of ether oxygens (including phenoxy) is 2. The molecule has 1 aromatic carbocycles. The number of benzene rings is 1. The normalized spacial score (nSPS) is 12.2. The summed E-state index contributed by atoms with van der Waals surface area (Å²) in [7, 11) is 0. The zero-order valence-electron chi connectivity index (χ0n) is 11.2. The van der Waals surface area contributed by atoms with Crippen LogP contribution in [0.15, 0.2) is 18.2 Å². The van der Waals surface area contributed by atoms with Crippen LogP contribution in [0, 0.1) is 0 Å². The highest BCUT2D eigenvalue weighted by molar-refractivity contribution is 5.76. The molecule has 1 rings (SSSR count). The zero-order chi connectivity index (χ0) is 15.1. The lowest BCUT2D eigenvalue weighted by Crippen LogP contribution is -2.28. The number of alkyl halides is 2. The van der Waals surface area contributed by atoms with Gasteiger partial charge in [0.25, 0.3) is 0 Å². The largest absolute Gasteiger partial charge is 0.490 e. The van der Waals surface area contributed by atoms with Gasteiger partial charge in [-0.1, -0.05) is 13.0 Å². The Morgan fingerprint density at radius 2 is 2.05 bits per heavy atom. The highest BCUT2D eigenvalue weighted by atomic mass is 19.3. The number of halogens is 2. The molecule has 0 spiro atoms. The quantitative estimate of drug-likeness (QED) is 0.769. The fourth-order valence-electron chi connectivity index (χ4n) is 1.72. The van der Waals surface area contributed by atoms with E-state index in [0.717, 1.165) is 0 Å². The molecule has 0 aliphatic rings. The van der Waals surface area contributed by atoms with Crippen LogP contribution in [0.2, 0.25) is 0 Å². The lowest BCUT2D eigenvalue weighted by atomic mass is 10.1. The summed E-state index contributed by atoms with van der Waals surface area (Å²) in [6, 6.07) is 3.16. The summed E-state index contributed by atoms with van der Waals surface area (Å²) < 4.78 is 34.1. The van der Waals surface area contributed by atoms with Gasteiger partial charge in [-0.25, -0.2) is 0 Å². The fourth-order valence-corrected chi connectivity index (χ4v) is 1.72. The summed E-state index contributed by atoms with van der Waals surface area (Å²) in [4.78, 5) is 11.2. The molecule has 1 atom stereocenters. The van der Waals surface area contributed by atoms with Crippen molar-refractivity contribution >= 4 is 5.97 Å². The molecule has 0 radical (unpaired) electrons. The van der Waals surface area contributed by atoms with Gasteiger partial charge >= 0.3 is 12.6 Å². The van der Waals surface area contributed by atoms with Crippen molar-refractivity contribution in [2.75, 3.05) is 13.2 Å². The average Bonchev–Trinajstić information content (AvgIpc) is 2.37. The molecule has 0 saturated carbocycles. The van der Waals surface area contributed by atoms with Crippen LogP contribution < -0.4 is 14.8 Å². The number of hydrogen-bond acceptors (Lipinski definition) is 4. The molecule has 0 aliphatic carbocycles. The number of likely N-dealkylation sites (N-methyl/N-ethyl adjacent to an activating group) is 1. The second-order valence-corrected chi connectivity index (χ2v) is 3.85. The average molecular weight is 289 g/mol. The maximum Gasteiger partial charge on any atom is 0.387 e. The van der Waals surface area contributed by atoms with Crippen molar-refractivity contribution in [2.45, 2.75) is 26.5 Å². The highest BCUT2D eigenvalue weighted by Crippen LogP contribution is 2.32. The van der Waals surface area contributed by atoms with Crippen LogP contribution >= 0.6 is 0 Å². The zero-order valence-corrected chi connectivity index (χ0v) is 11.2. The molecule has 2 N–H and O–H groups in total. The van der Waals surface area contributed by atoms with Gasteiger partial charge in [0.15, 0.2) is 11.5 Å². The number of nitrogens with one attached hydrogen (secondary N) is 1.